The van der Waals surface area contributed by atoms with Crippen molar-refractivity contribution < 1.29 is 30.0 Å². The van der Waals surface area contributed by atoms with Gasteiger partial charge in [0.05, 0.1) is 6.07 Å². The molecule has 1 aliphatic heterocycles. The molecule has 4 aromatic carbocycles. The van der Waals surface area contributed by atoms with Crippen molar-refractivity contribution in [1.29, 1.82) is 5.26 Å². The Bertz CT molecular complexity index is 2570. The summed E-state index contributed by atoms with van der Waals surface area (Å²) in [5.74, 6) is 3.81. The van der Waals surface area contributed by atoms with Gasteiger partial charge in [0.15, 0.2) is 0 Å². The van der Waals surface area contributed by atoms with Crippen LogP contribution in [0.3, 0.4) is 0 Å². The van der Waals surface area contributed by atoms with Crippen LogP contribution in [-0.2, 0) is 25.5 Å². The van der Waals surface area contributed by atoms with Crippen LogP contribution < -0.4 is 0 Å². The molecule has 0 atom stereocenters. The number of nitrogens with zero attached hydrogens (tertiary/aromatic N) is 3. The third-order valence-corrected chi connectivity index (χ3v) is 16.9. The van der Waals surface area contributed by atoms with Gasteiger partial charge < -0.3 is 4.98 Å². The van der Waals surface area contributed by atoms with Crippen molar-refractivity contribution >= 4 is 35.2 Å². The second kappa shape index (κ2) is 16.0. The summed E-state index contributed by atoms with van der Waals surface area (Å²) in [6.07, 6.45) is 4.63. The molecule has 1 aliphatic rings. The van der Waals surface area contributed by atoms with Gasteiger partial charge in [-0.3, -0.25) is 0 Å². The van der Waals surface area contributed by atoms with Crippen LogP contribution in [0.5, 0.6) is 0 Å². The number of furan rings is 1. The molecule has 0 N–H and O–H groups in total. The van der Waals surface area contributed by atoms with Crippen LogP contribution in [0.1, 0.15) is 67.2 Å². The molecule has 1 saturated heterocycles. The van der Waals surface area contributed by atoms with Gasteiger partial charge in [-0.05, 0) is 22.7 Å². The summed E-state index contributed by atoms with van der Waals surface area (Å²) in [7, 11) is 0. The molecule has 0 amide bonds. The number of aromatic nitrogens is 2. The van der Waals surface area contributed by atoms with E-state index in [0.29, 0.717) is 46.4 Å². The number of benzene rings is 4. The summed E-state index contributed by atoms with van der Waals surface area (Å²) < 4.78 is 40.5. The first kappa shape index (κ1) is 33.2. The summed E-state index contributed by atoms with van der Waals surface area (Å²) >= 11 is -1.90. The Balaban J connectivity index is 0.000000271. The second-order valence-corrected chi connectivity index (χ2v) is 26.6. The van der Waals surface area contributed by atoms with E-state index in [1.165, 1.54) is 11.8 Å². The van der Waals surface area contributed by atoms with Crippen LogP contribution in [-0.4, -0.2) is 23.2 Å². The van der Waals surface area contributed by atoms with Crippen LogP contribution in [0.25, 0.3) is 55.6 Å². The fourth-order valence-electron chi connectivity index (χ4n) is 6.96. The van der Waals surface area contributed by atoms with Crippen molar-refractivity contribution in [2.45, 2.75) is 73.8 Å². The SMILES string of the molecule is CC(C)(C)c1ccnc(-c2[c-]cccc2)c1.[2H]C([2H])([2H])c1cnc(-c2[c-]ccc3c2oc2c(-c4ccccc4)c(C#N)ccc23)cc1C1([2H])C[CH2][Ge]([CH3])([CH3])[CH2]C1.[Ir]. The Morgan fingerprint density at radius 3 is 2.32 bits per heavy atom. The summed E-state index contributed by atoms with van der Waals surface area (Å²) in [6, 6.07) is 39.9. The molecule has 0 bridgehead atoms. The Kier molecular flexibility index (Phi) is 10.0. The van der Waals surface area contributed by atoms with E-state index >= 15 is 0 Å². The molecule has 53 heavy (non-hydrogen) atoms. The number of aryl methyl sites for hydroxylation is 1. The summed E-state index contributed by atoms with van der Waals surface area (Å²) in [4.78, 5) is 8.98. The first-order valence-corrected chi connectivity index (χ1v) is 25.0. The van der Waals surface area contributed by atoms with Crippen molar-refractivity contribution in [3.8, 4) is 39.7 Å². The zero-order chi connectivity index (χ0) is 39.9. The van der Waals surface area contributed by atoms with Gasteiger partial charge in [-0.15, -0.1) is 35.9 Å². The molecule has 0 spiro atoms. The number of fused-ring (bicyclic) bond motifs is 3. The Morgan fingerprint density at radius 2 is 1.62 bits per heavy atom. The first-order valence-electron chi connectivity index (χ1n) is 19.9. The van der Waals surface area contributed by atoms with Gasteiger partial charge in [-0.25, -0.2) is 0 Å². The van der Waals surface area contributed by atoms with E-state index in [1.54, 1.807) is 6.07 Å². The molecular weight excluding hydrogens is 887 g/mol. The van der Waals surface area contributed by atoms with Crippen molar-refractivity contribution in [1.82, 2.24) is 9.97 Å². The molecule has 0 saturated carbocycles. The van der Waals surface area contributed by atoms with Gasteiger partial charge >= 0.3 is 179 Å². The van der Waals surface area contributed by atoms with Gasteiger partial charge in [0.1, 0.15) is 0 Å². The van der Waals surface area contributed by atoms with E-state index in [-0.39, 0.29) is 31.1 Å². The number of nitriles is 1. The second-order valence-electron chi connectivity index (χ2n) is 15.4. The van der Waals surface area contributed by atoms with E-state index < -0.39 is 26.0 Å². The van der Waals surface area contributed by atoms with E-state index in [2.05, 4.69) is 72.6 Å². The molecule has 6 heteroatoms. The quantitative estimate of drug-likeness (QED) is 0.130. The molecular formula is C47H45GeIrN3O-2. The molecule has 0 aliphatic carbocycles. The maximum atomic E-state index is 9.88. The minimum absolute atomic E-state index is 0. The molecule has 269 valence electrons. The van der Waals surface area contributed by atoms with Gasteiger partial charge in [-0.2, -0.15) is 5.26 Å². The third-order valence-electron chi connectivity index (χ3n) is 10.1. The minimum Gasteiger partial charge on any atom is 0 e. The number of hydrogen-bond donors (Lipinski definition) is 0. The molecule has 8 rings (SSSR count). The van der Waals surface area contributed by atoms with E-state index in [1.807, 2.05) is 85.1 Å². The zero-order valence-electron chi connectivity index (χ0n) is 34.8. The summed E-state index contributed by atoms with van der Waals surface area (Å²) in [5.41, 5.74) is 8.66. The van der Waals surface area contributed by atoms with Crippen LogP contribution >= 0.6 is 0 Å². The number of rotatable bonds is 4. The van der Waals surface area contributed by atoms with E-state index in [0.717, 1.165) is 43.7 Å². The Labute approximate surface area is 336 Å². The number of pyridine rings is 2. The fourth-order valence-corrected chi connectivity index (χ4v) is 11.6. The molecule has 3 aromatic heterocycles. The van der Waals surface area contributed by atoms with E-state index in [4.69, 9.17) is 8.53 Å². The summed E-state index contributed by atoms with van der Waals surface area (Å²) in [5, 5.41) is 13.7. The smallest absolute Gasteiger partial charge is 0 e. The first-order chi connectivity index (χ1) is 26.6. The molecule has 7 aromatic rings. The fraction of sp³-hybridized carbons (Fsp3) is 0.255. The number of hydrogen-bond acceptors (Lipinski definition) is 4. The van der Waals surface area contributed by atoms with Gasteiger partial charge in [-0.1, -0.05) is 57.2 Å². The van der Waals surface area contributed by atoms with E-state index in [9.17, 15) is 6.63 Å². The summed E-state index contributed by atoms with van der Waals surface area (Å²) in [6.45, 7) is 4.26. The predicted molar refractivity (Wildman–Crippen MR) is 217 cm³/mol. The molecule has 4 heterocycles. The zero-order valence-corrected chi connectivity index (χ0v) is 35.3. The average molecular weight is 937 g/mol. The van der Waals surface area contributed by atoms with Crippen LogP contribution in [0.15, 0.2) is 114 Å². The van der Waals surface area contributed by atoms with Crippen molar-refractivity contribution in [2.24, 2.45) is 0 Å². The predicted octanol–water partition coefficient (Wildman–Crippen LogP) is 12.7. The normalized spacial score (nSPS) is 16.2. The van der Waals surface area contributed by atoms with Crippen molar-refractivity contribution in [2.75, 3.05) is 0 Å². The van der Waals surface area contributed by atoms with Crippen molar-refractivity contribution in [3.05, 3.63) is 144 Å². The monoisotopic (exact) mass is 938 g/mol. The van der Waals surface area contributed by atoms with Crippen LogP contribution in [0.4, 0.5) is 0 Å². The van der Waals surface area contributed by atoms with Crippen LogP contribution in [0.2, 0.25) is 22.0 Å². The molecule has 1 fully saturated rings. The molecule has 1 radical (unpaired) electrons. The topological polar surface area (TPSA) is 62.7 Å². The maximum absolute atomic E-state index is 9.88. The molecule has 0 unspecified atom stereocenters. The van der Waals surface area contributed by atoms with Crippen LogP contribution in [0, 0.1) is 30.3 Å². The largest absolute Gasteiger partial charge is 0 e. The average Bonchev–Trinajstić information content (AvgIpc) is 3.58. The third kappa shape index (κ3) is 8.26. The van der Waals surface area contributed by atoms with Gasteiger partial charge in [0.25, 0.3) is 0 Å². The van der Waals surface area contributed by atoms with Gasteiger partial charge in [0.2, 0.25) is 0 Å². The standard InChI is InChI=1S/C32H29GeN2O.C15H16N.Ir/c1-21-20-35-29(18-28(21)22-14-16-33(2,3)17-15-22)27-11-7-10-25-26-13-12-24(19-34)30(32(26)36-31(25)27)23-8-5-4-6-9-23;1-15(2,3)13-9-10-16-14(11-13)12-7-5-4-6-8-12;/h4-10,12-13,18,20,22H,14-17H2,1-3H3;4-7,9-11H,1-3H3;/q2*-1;/i1D3,22D;;. The molecule has 4 nitrogen and oxygen atoms in total. The van der Waals surface area contributed by atoms with Crippen molar-refractivity contribution in [3.63, 3.8) is 0 Å². The Morgan fingerprint density at radius 1 is 0.868 bits per heavy atom. The minimum atomic E-state index is -2.36. The van der Waals surface area contributed by atoms with Gasteiger partial charge in [0, 0.05) is 26.3 Å². The Hall–Kier alpha value is -4.34. The maximum Gasteiger partial charge on any atom is 0 e.